The molecule has 0 atom stereocenters. The number of fused-ring (bicyclic) bond motifs is 1. The zero-order chi connectivity index (χ0) is 13.8. The molecule has 1 N–H and O–H groups in total. The molecule has 0 amide bonds. The van der Waals surface area contributed by atoms with Gasteiger partial charge in [-0.25, -0.2) is 0 Å². The van der Waals surface area contributed by atoms with Crippen molar-refractivity contribution in [3.8, 4) is 0 Å². The highest BCUT2D eigenvalue weighted by Gasteiger charge is 2.04. The fourth-order valence-electron chi connectivity index (χ4n) is 2.20. The van der Waals surface area contributed by atoms with Gasteiger partial charge in [-0.05, 0) is 36.7 Å². The Kier molecular flexibility index (Phi) is 4.17. The summed E-state index contributed by atoms with van der Waals surface area (Å²) in [5.41, 5.74) is 2.51. The fraction of sp³-hybridized carbons (Fsp3) is 0.312. The van der Waals surface area contributed by atoms with Crippen molar-refractivity contribution in [1.29, 1.82) is 0 Å². The lowest BCUT2D eigenvalue weighted by atomic mass is 10.0. The van der Waals surface area contributed by atoms with Gasteiger partial charge in [0, 0.05) is 6.54 Å². The van der Waals surface area contributed by atoms with Crippen molar-refractivity contribution in [2.75, 3.05) is 20.1 Å². The number of carbonyl (C=O) groups is 1. The van der Waals surface area contributed by atoms with Crippen molar-refractivity contribution in [2.24, 2.45) is 0 Å². The van der Waals surface area contributed by atoms with Gasteiger partial charge >= 0.3 is 5.97 Å². The predicted octanol–water partition coefficient (Wildman–Crippen LogP) is 2.71. The Bertz CT molecular complexity index is 592. The Morgan fingerprint density at radius 1 is 1.16 bits per heavy atom. The van der Waals surface area contributed by atoms with E-state index >= 15 is 0 Å². The Morgan fingerprint density at radius 2 is 1.84 bits per heavy atom. The van der Waals surface area contributed by atoms with Gasteiger partial charge in [0.1, 0.15) is 0 Å². The average Bonchev–Trinajstić information content (AvgIpc) is 2.35. The summed E-state index contributed by atoms with van der Waals surface area (Å²) in [4.78, 5) is 12.4. The molecule has 0 saturated carbocycles. The molecule has 2 aromatic rings. The summed E-state index contributed by atoms with van der Waals surface area (Å²) in [5.74, 6) is -0.781. The number of rotatable bonds is 5. The second-order valence-electron chi connectivity index (χ2n) is 5.07. The molecular weight excluding hydrogens is 238 g/mol. The number of aliphatic carboxylic acids is 1. The van der Waals surface area contributed by atoms with Gasteiger partial charge in [0.25, 0.3) is 0 Å². The summed E-state index contributed by atoms with van der Waals surface area (Å²) < 4.78 is 0. The maximum Gasteiger partial charge on any atom is 0.317 e. The zero-order valence-corrected chi connectivity index (χ0v) is 11.4. The van der Waals surface area contributed by atoms with Crippen LogP contribution < -0.4 is 0 Å². The van der Waals surface area contributed by atoms with E-state index in [1.54, 1.807) is 0 Å². The molecule has 0 aliphatic carbocycles. The summed E-state index contributed by atoms with van der Waals surface area (Å²) in [6.45, 7) is 2.94. The van der Waals surface area contributed by atoms with Crippen molar-refractivity contribution in [3.05, 3.63) is 47.5 Å². The molecule has 0 aliphatic rings. The predicted molar refractivity (Wildman–Crippen MR) is 77.5 cm³/mol. The van der Waals surface area contributed by atoms with Crippen molar-refractivity contribution < 1.29 is 9.90 Å². The van der Waals surface area contributed by atoms with Gasteiger partial charge in [-0.2, -0.15) is 0 Å². The topological polar surface area (TPSA) is 40.5 Å². The summed E-state index contributed by atoms with van der Waals surface area (Å²) in [6.07, 6.45) is 0.869. The van der Waals surface area contributed by atoms with Crippen LogP contribution in [0.1, 0.15) is 11.1 Å². The van der Waals surface area contributed by atoms with Gasteiger partial charge in [0.2, 0.25) is 0 Å². The molecule has 3 heteroatoms. The highest BCUT2D eigenvalue weighted by atomic mass is 16.4. The molecule has 0 saturated heterocycles. The molecule has 100 valence electrons. The van der Waals surface area contributed by atoms with Gasteiger partial charge in [0.05, 0.1) is 6.54 Å². The molecule has 0 aliphatic heterocycles. The van der Waals surface area contributed by atoms with Gasteiger partial charge < -0.3 is 5.11 Å². The SMILES string of the molecule is Cc1ccc2cc(CCN(C)CC(=O)O)ccc2c1. The smallest absolute Gasteiger partial charge is 0.317 e. The number of hydrogen-bond donors (Lipinski definition) is 1. The fourth-order valence-corrected chi connectivity index (χ4v) is 2.20. The van der Waals surface area contributed by atoms with Crippen molar-refractivity contribution in [2.45, 2.75) is 13.3 Å². The Labute approximate surface area is 113 Å². The van der Waals surface area contributed by atoms with Crippen LogP contribution in [0.15, 0.2) is 36.4 Å². The van der Waals surface area contributed by atoms with Crippen molar-refractivity contribution >= 4 is 16.7 Å². The molecule has 0 spiro atoms. The first-order valence-electron chi connectivity index (χ1n) is 6.44. The molecular formula is C16H19NO2. The van der Waals surface area contributed by atoms with E-state index in [9.17, 15) is 4.79 Å². The largest absolute Gasteiger partial charge is 0.480 e. The number of benzene rings is 2. The van der Waals surface area contributed by atoms with E-state index in [0.717, 1.165) is 13.0 Å². The minimum atomic E-state index is -0.781. The monoisotopic (exact) mass is 257 g/mol. The van der Waals surface area contributed by atoms with Crippen LogP contribution in [0.2, 0.25) is 0 Å². The molecule has 0 fully saturated rings. The van der Waals surface area contributed by atoms with Gasteiger partial charge in [0.15, 0.2) is 0 Å². The van der Waals surface area contributed by atoms with Crippen LogP contribution in [0, 0.1) is 6.92 Å². The summed E-state index contributed by atoms with van der Waals surface area (Å²) in [5, 5.41) is 11.2. The minimum Gasteiger partial charge on any atom is -0.480 e. The number of carboxylic acid groups (broad SMARTS) is 1. The van der Waals surface area contributed by atoms with E-state index in [1.165, 1.54) is 21.9 Å². The minimum absolute atomic E-state index is 0.0901. The summed E-state index contributed by atoms with van der Waals surface area (Å²) in [7, 11) is 1.83. The first-order valence-corrected chi connectivity index (χ1v) is 6.44. The number of aryl methyl sites for hydroxylation is 1. The van der Waals surface area contributed by atoms with Crippen molar-refractivity contribution in [1.82, 2.24) is 4.90 Å². The van der Waals surface area contributed by atoms with Crippen LogP contribution in [0.4, 0.5) is 0 Å². The van der Waals surface area contributed by atoms with Crippen LogP contribution >= 0.6 is 0 Å². The lowest BCUT2D eigenvalue weighted by molar-refractivity contribution is -0.137. The average molecular weight is 257 g/mol. The number of nitrogens with zero attached hydrogens (tertiary/aromatic N) is 1. The third-order valence-electron chi connectivity index (χ3n) is 3.25. The Balaban J connectivity index is 2.05. The number of likely N-dealkylation sites (N-methyl/N-ethyl adjacent to an activating group) is 1. The summed E-state index contributed by atoms with van der Waals surface area (Å²) in [6, 6.07) is 12.9. The Hall–Kier alpha value is -1.87. The van der Waals surface area contributed by atoms with Crippen molar-refractivity contribution in [3.63, 3.8) is 0 Å². The highest BCUT2D eigenvalue weighted by molar-refractivity contribution is 5.83. The molecule has 3 nitrogen and oxygen atoms in total. The zero-order valence-electron chi connectivity index (χ0n) is 11.4. The van der Waals surface area contributed by atoms with E-state index in [0.29, 0.717) is 0 Å². The van der Waals surface area contributed by atoms with E-state index < -0.39 is 5.97 Å². The van der Waals surface area contributed by atoms with E-state index in [2.05, 4.69) is 43.3 Å². The highest BCUT2D eigenvalue weighted by Crippen LogP contribution is 2.18. The maximum absolute atomic E-state index is 10.6. The van der Waals surface area contributed by atoms with Crippen LogP contribution in [-0.2, 0) is 11.2 Å². The molecule has 0 radical (unpaired) electrons. The third kappa shape index (κ3) is 3.80. The lowest BCUT2D eigenvalue weighted by Gasteiger charge is -2.13. The second-order valence-corrected chi connectivity index (χ2v) is 5.07. The lowest BCUT2D eigenvalue weighted by Crippen LogP contribution is -2.27. The molecule has 0 aromatic heterocycles. The quantitative estimate of drug-likeness (QED) is 0.895. The van der Waals surface area contributed by atoms with Gasteiger partial charge in [-0.3, -0.25) is 9.69 Å². The first-order chi connectivity index (χ1) is 9.04. The normalized spacial score (nSPS) is 11.1. The van der Waals surface area contributed by atoms with Crippen LogP contribution in [0.3, 0.4) is 0 Å². The van der Waals surface area contributed by atoms with Crippen LogP contribution in [-0.4, -0.2) is 36.1 Å². The first kappa shape index (κ1) is 13.6. The van der Waals surface area contributed by atoms with E-state index in [1.807, 2.05) is 11.9 Å². The molecule has 2 aromatic carbocycles. The van der Waals surface area contributed by atoms with Crippen LogP contribution in [0.25, 0.3) is 10.8 Å². The molecule has 0 heterocycles. The Morgan fingerprint density at radius 3 is 2.58 bits per heavy atom. The number of hydrogen-bond acceptors (Lipinski definition) is 2. The second kappa shape index (κ2) is 5.85. The maximum atomic E-state index is 10.6. The van der Waals surface area contributed by atoms with Crippen LogP contribution in [0.5, 0.6) is 0 Å². The van der Waals surface area contributed by atoms with Gasteiger partial charge in [-0.15, -0.1) is 0 Å². The molecule has 2 rings (SSSR count). The number of carboxylic acids is 1. The van der Waals surface area contributed by atoms with E-state index in [4.69, 9.17) is 5.11 Å². The molecule has 0 unspecified atom stereocenters. The standard InChI is InChI=1S/C16H19NO2/c1-12-3-5-15-10-13(4-6-14(15)9-12)7-8-17(2)11-16(18)19/h3-6,9-10H,7-8,11H2,1-2H3,(H,18,19). The molecule has 0 bridgehead atoms. The van der Waals surface area contributed by atoms with E-state index in [-0.39, 0.29) is 6.54 Å². The molecule has 19 heavy (non-hydrogen) atoms. The third-order valence-corrected chi connectivity index (χ3v) is 3.25. The van der Waals surface area contributed by atoms with Gasteiger partial charge in [-0.1, -0.05) is 42.0 Å². The summed E-state index contributed by atoms with van der Waals surface area (Å²) >= 11 is 0.